The molecule has 0 aromatic heterocycles. The van der Waals surface area contributed by atoms with Crippen LogP contribution in [0.2, 0.25) is 0 Å². The zero-order chi connectivity index (χ0) is 12.7. The maximum absolute atomic E-state index is 11.4. The fourth-order valence-corrected chi connectivity index (χ4v) is 1.47. The van der Waals surface area contributed by atoms with Gasteiger partial charge in [0.15, 0.2) is 0 Å². The average molecular weight is 232 g/mol. The number of esters is 1. The number of aryl methyl sites for hydroxylation is 1. The zero-order valence-electron chi connectivity index (χ0n) is 10.8. The predicted octanol–water partition coefficient (Wildman–Crippen LogP) is 3.60. The highest BCUT2D eigenvalue weighted by molar-refractivity contribution is 5.72. The molecule has 1 aromatic carbocycles. The van der Waals surface area contributed by atoms with Gasteiger partial charge >= 0.3 is 5.97 Å². The van der Waals surface area contributed by atoms with Crippen molar-refractivity contribution in [3.63, 3.8) is 0 Å². The van der Waals surface area contributed by atoms with Crippen LogP contribution in [0.15, 0.2) is 30.3 Å². The molecule has 0 aliphatic carbocycles. The van der Waals surface area contributed by atoms with Crippen LogP contribution in [-0.4, -0.2) is 12.6 Å². The molecule has 17 heavy (non-hydrogen) atoms. The summed E-state index contributed by atoms with van der Waals surface area (Å²) in [5.74, 6) is -0.197. The second-order valence-electron chi connectivity index (χ2n) is 4.20. The Bertz CT molecular complexity index is 376. The van der Waals surface area contributed by atoms with Crippen molar-refractivity contribution in [2.24, 2.45) is 5.92 Å². The highest BCUT2D eigenvalue weighted by atomic mass is 16.5. The van der Waals surface area contributed by atoms with Gasteiger partial charge in [-0.1, -0.05) is 48.9 Å². The SMILES string of the molecule is CCOC(=O)C(C)C/C=C/c1ccc(C)cc1. The standard InChI is InChI=1S/C15H20O2/c1-4-17-15(16)13(3)6-5-7-14-10-8-12(2)9-11-14/h5,7-11,13H,4,6H2,1-3H3/b7-5+. The highest BCUT2D eigenvalue weighted by Crippen LogP contribution is 2.09. The molecule has 0 spiro atoms. The Balaban J connectivity index is 2.44. The van der Waals surface area contributed by atoms with Gasteiger partial charge in [0.1, 0.15) is 0 Å². The molecule has 2 heteroatoms. The van der Waals surface area contributed by atoms with E-state index in [9.17, 15) is 4.79 Å². The van der Waals surface area contributed by atoms with Gasteiger partial charge in [0, 0.05) is 0 Å². The van der Waals surface area contributed by atoms with Crippen molar-refractivity contribution in [2.75, 3.05) is 6.61 Å². The molecule has 2 nitrogen and oxygen atoms in total. The van der Waals surface area contributed by atoms with Crippen molar-refractivity contribution in [3.8, 4) is 0 Å². The van der Waals surface area contributed by atoms with Crippen molar-refractivity contribution in [2.45, 2.75) is 27.2 Å². The molecule has 0 aliphatic heterocycles. The van der Waals surface area contributed by atoms with Gasteiger partial charge in [-0.05, 0) is 25.8 Å². The Labute approximate surface area is 103 Å². The van der Waals surface area contributed by atoms with E-state index < -0.39 is 0 Å². The topological polar surface area (TPSA) is 26.3 Å². The summed E-state index contributed by atoms with van der Waals surface area (Å²) in [6.07, 6.45) is 4.77. The van der Waals surface area contributed by atoms with E-state index in [-0.39, 0.29) is 11.9 Å². The fourth-order valence-electron chi connectivity index (χ4n) is 1.47. The number of carbonyl (C=O) groups excluding carboxylic acids is 1. The van der Waals surface area contributed by atoms with Crippen molar-refractivity contribution < 1.29 is 9.53 Å². The molecule has 1 unspecified atom stereocenters. The van der Waals surface area contributed by atoms with E-state index >= 15 is 0 Å². The molecular weight excluding hydrogens is 212 g/mol. The number of benzene rings is 1. The molecule has 0 aliphatic rings. The second-order valence-corrected chi connectivity index (χ2v) is 4.20. The number of carbonyl (C=O) groups is 1. The minimum atomic E-state index is -0.124. The van der Waals surface area contributed by atoms with Crippen LogP contribution in [0.5, 0.6) is 0 Å². The van der Waals surface area contributed by atoms with E-state index in [4.69, 9.17) is 4.74 Å². The number of allylic oxidation sites excluding steroid dienone is 1. The van der Waals surface area contributed by atoms with Gasteiger partial charge in [0.25, 0.3) is 0 Å². The third-order valence-corrected chi connectivity index (χ3v) is 2.57. The first kappa shape index (κ1) is 13.5. The largest absolute Gasteiger partial charge is 0.466 e. The molecule has 0 radical (unpaired) electrons. The average Bonchev–Trinajstić information content (AvgIpc) is 2.32. The minimum Gasteiger partial charge on any atom is -0.466 e. The van der Waals surface area contributed by atoms with Crippen LogP contribution in [0.25, 0.3) is 6.08 Å². The summed E-state index contributed by atoms with van der Waals surface area (Å²) in [4.78, 5) is 11.4. The maximum Gasteiger partial charge on any atom is 0.308 e. The Morgan fingerprint density at radius 3 is 2.59 bits per heavy atom. The van der Waals surface area contributed by atoms with E-state index in [1.807, 2.05) is 26.0 Å². The summed E-state index contributed by atoms with van der Waals surface area (Å²) in [5, 5.41) is 0. The third kappa shape index (κ3) is 4.85. The Morgan fingerprint density at radius 1 is 1.35 bits per heavy atom. The third-order valence-electron chi connectivity index (χ3n) is 2.57. The van der Waals surface area contributed by atoms with Crippen LogP contribution in [0, 0.1) is 12.8 Å². The van der Waals surface area contributed by atoms with E-state index in [1.54, 1.807) is 0 Å². The highest BCUT2D eigenvalue weighted by Gasteiger charge is 2.11. The number of hydrogen-bond acceptors (Lipinski definition) is 2. The quantitative estimate of drug-likeness (QED) is 0.725. The van der Waals surface area contributed by atoms with Gasteiger partial charge in [0.2, 0.25) is 0 Å². The molecule has 0 saturated heterocycles. The molecule has 0 fully saturated rings. The lowest BCUT2D eigenvalue weighted by Crippen LogP contribution is -2.13. The summed E-state index contributed by atoms with van der Waals surface area (Å²) in [6, 6.07) is 8.30. The van der Waals surface area contributed by atoms with Crippen molar-refractivity contribution in [1.82, 2.24) is 0 Å². The summed E-state index contributed by atoms with van der Waals surface area (Å²) in [6.45, 7) is 6.23. The Kier molecular flexibility index (Phi) is 5.47. The molecule has 0 N–H and O–H groups in total. The van der Waals surface area contributed by atoms with Crippen LogP contribution >= 0.6 is 0 Å². The van der Waals surface area contributed by atoms with Gasteiger partial charge in [-0.25, -0.2) is 0 Å². The second kappa shape index (κ2) is 6.89. The molecule has 0 saturated carbocycles. The summed E-state index contributed by atoms with van der Waals surface area (Å²) in [7, 11) is 0. The molecular formula is C15H20O2. The summed E-state index contributed by atoms with van der Waals surface area (Å²) in [5.41, 5.74) is 2.41. The summed E-state index contributed by atoms with van der Waals surface area (Å²) >= 11 is 0. The zero-order valence-corrected chi connectivity index (χ0v) is 10.8. The van der Waals surface area contributed by atoms with Gasteiger partial charge < -0.3 is 4.74 Å². The first-order valence-corrected chi connectivity index (χ1v) is 6.03. The van der Waals surface area contributed by atoms with Gasteiger partial charge in [-0.15, -0.1) is 0 Å². The van der Waals surface area contributed by atoms with Gasteiger partial charge in [-0.3, -0.25) is 4.79 Å². The van der Waals surface area contributed by atoms with Crippen LogP contribution in [0.4, 0.5) is 0 Å². The van der Waals surface area contributed by atoms with Crippen LogP contribution in [0.1, 0.15) is 31.4 Å². The van der Waals surface area contributed by atoms with E-state index in [0.29, 0.717) is 13.0 Å². The summed E-state index contributed by atoms with van der Waals surface area (Å²) < 4.78 is 4.95. The molecule has 1 rings (SSSR count). The van der Waals surface area contributed by atoms with E-state index in [0.717, 1.165) is 5.56 Å². The predicted molar refractivity (Wildman–Crippen MR) is 70.6 cm³/mol. The molecule has 92 valence electrons. The fraction of sp³-hybridized carbons (Fsp3) is 0.400. The number of ether oxygens (including phenoxy) is 1. The Hall–Kier alpha value is -1.57. The smallest absolute Gasteiger partial charge is 0.308 e. The van der Waals surface area contributed by atoms with Crippen molar-refractivity contribution >= 4 is 12.0 Å². The van der Waals surface area contributed by atoms with Gasteiger partial charge in [0.05, 0.1) is 12.5 Å². The molecule has 0 bridgehead atoms. The minimum absolute atomic E-state index is 0.0725. The molecule has 1 atom stereocenters. The first-order valence-electron chi connectivity index (χ1n) is 6.03. The number of rotatable bonds is 5. The van der Waals surface area contributed by atoms with Crippen LogP contribution in [0.3, 0.4) is 0 Å². The molecule has 0 heterocycles. The first-order chi connectivity index (χ1) is 8.13. The van der Waals surface area contributed by atoms with Crippen molar-refractivity contribution in [3.05, 3.63) is 41.5 Å². The number of hydrogen-bond donors (Lipinski definition) is 0. The normalized spacial score (nSPS) is 12.6. The van der Waals surface area contributed by atoms with Gasteiger partial charge in [-0.2, -0.15) is 0 Å². The maximum atomic E-state index is 11.4. The monoisotopic (exact) mass is 232 g/mol. The lowest BCUT2D eigenvalue weighted by atomic mass is 10.1. The lowest BCUT2D eigenvalue weighted by molar-refractivity contribution is -0.147. The van der Waals surface area contributed by atoms with E-state index in [1.165, 1.54) is 5.56 Å². The Morgan fingerprint density at radius 2 is 2.00 bits per heavy atom. The van der Waals surface area contributed by atoms with Crippen LogP contribution < -0.4 is 0 Å². The lowest BCUT2D eigenvalue weighted by Gasteiger charge is -2.07. The molecule has 1 aromatic rings. The van der Waals surface area contributed by atoms with E-state index in [2.05, 4.69) is 31.2 Å². The van der Waals surface area contributed by atoms with Crippen LogP contribution in [-0.2, 0) is 9.53 Å². The van der Waals surface area contributed by atoms with Crippen molar-refractivity contribution in [1.29, 1.82) is 0 Å². The molecule has 0 amide bonds.